The Hall–Kier alpha value is -2.03. The number of ether oxygens (including phenoxy) is 1. The van der Waals surface area contributed by atoms with Crippen LogP contribution in [0.25, 0.3) is 0 Å². The van der Waals surface area contributed by atoms with Gasteiger partial charge in [-0.1, -0.05) is 5.16 Å². The largest absolute Gasteiger partial charge is 0.480 e. The van der Waals surface area contributed by atoms with Gasteiger partial charge in [0.05, 0.1) is 0 Å². The van der Waals surface area contributed by atoms with E-state index in [1.165, 1.54) is 7.05 Å². The monoisotopic (exact) mass is 304 g/mol. The highest BCUT2D eigenvalue weighted by atomic mass is 16.5. The predicted molar refractivity (Wildman–Crippen MR) is 76.6 cm³/mol. The van der Waals surface area contributed by atoms with Gasteiger partial charge < -0.3 is 31.0 Å². The van der Waals surface area contributed by atoms with Crippen molar-refractivity contribution < 1.29 is 24.6 Å². The molecule has 0 aromatic rings. The lowest BCUT2D eigenvalue weighted by Crippen LogP contribution is -2.39. The topological polar surface area (TPSA) is 132 Å². The Balaban J connectivity index is 3.77. The molecule has 0 saturated heterocycles. The maximum atomic E-state index is 11.1. The molecule has 0 aliphatic rings. The van der Waals surface area contributed by atoms with E-state index in [1.54, 1.807) is 6.92 Å². The van der Waals surface area contributed by atoms with Crippen LogP contribution in [-0.2, 0) is 9.53 Å². The molecule has 0 radical (unpaired) electrons. The number of amidine groups is 1. The number of carbonyl (C=O) groups is 2. The summed E-state index contributed by atoms with van der Waals surface area (Å²) in [7, 11) is 1.45. The Morgan fingerprint density at radius 3 is 2.57 bits per heavy atom. The quantitative estimate of drug-likeness (QED) is 0.126. The van der Waals surface area contributed by atoms with Gasteiger partial charge in [-0.3, -0.25) is 4.79 Å². The summed E-state index contributed by atoms with van der Waals surface area (Å²) in [6, 6.07) is -0.675. The summed E-state index contributed by atoms with van der Waals surface area (Å²) in [5.74, 6) is -0.509. The SMILES string of the molecule is CNC(=O)OCCN[C@@H](CCCCNC(C)=NO)C(=O)O. The molecule has 0 saturated carbocycles. The summed E-state index contributed by atoms with van der Waals surface area (Å²) >= 11 is 0. The Kier molecular flexibility index (Phi) is 10.6. The summed E-state index contributed by atoms with van der Waals surface area (Å²) in [6.45, 7) is 2.63. The van der Waals surface area contributed by atoms with Crippen molar-refractivity contribution in [3.63, 3.8) is 0 Å². The zero-order valence-electron chi connectivity index (χ0n) is 12.4. The summed E-state index contributed by atoms with van der Waals surface area (Å²) in [6.07, 6.45) is 1.38. The highest BCUT2D eigenvalue weighted by Gasteiger charge is 2.15. The number of nitrogens with one attached hydrogen (secondary N) is 3. The van der Waals surface area contributed by atoms with Crippen LogP contribution in [-0.4, -0.2) is 61.0 Å². The minimum absolute atomic E-state index is 0.108. The van der Waals surface area contributed by atoms with E-state index < -0.39 is 18.1 Å². The third-order valence-corrected chi connectivity index (χ3v) is 2.68. The number of nitrogens with zero attached hydrogens (tertiary/aromatic N) is 1. The molecule has 0 aliphatic heterocycles. The van der Waals surface area contributed by atoms with Crippen LogP contribution in [0.2, 0.25) is 0 Å². The normalized spacial score (nSPS) is 12.6. The van der Waals surface area contributed by atoms with Gasteiger partial charge in [0, 0.05) is 20.1 Å². The van der Waals surface area contributed by atoms with Gasteiger partial charge in [0.15, 0.2) is 0 Å². The second-order valence-corrected chi connectivity index (χ2v) is 4.34. The molecule has 0 fully saturated rings. The summed E-state index contributed by atoms with van der Waals surface area (Å²) < 4.78 is 4.75. The van der Waals surface area contributed by atoms with Gasteiger partial charge in [-0.25, -0.2) is 4.79 Å². The Bertz CT molecular complexity index is 349. The second kappa shape index (κ2) is 11.8. The standard InChI is InChI=1S/C12H24N4O5/c1-9(16-20)14-6-4-3-5-10(11(17)18)15-7-8-21-12(19)13-2/h10,15,20H,3-8H2,1-2H3,(H,13,19)(H,14,16)(H,17,18)/t10-/m0/s1. The number of hydrogen-bond donors (Lipinski definition) is 5. The van der Waals surface area contributed by atoms with Gasteiger partial charge in [-0.15, -0.1) is 0 Å². The highest BCUT2D eigenvalue weighted by molar-refractivity contribution is 5.78. The minimum atomic E-state index is -0.934. The van der Waals surface area contributed by atoms with E-state index in [2.05, 4.69) is 21.1 Å². The van der Waals surface area contributed by atoms with Crippen molar-refractivity contribution in [2.24, 2.45) is 5.16 Å². The molecule has 0 heterocycles. The van der Waals surface area contributed by atoms with Crippen molar-refractivity contribution in [1.29, 1.82) is 0 Å². The van der Waals surface area contributed by atoms with Gasteiger partial charge >= 0.3 is 12.1 Å². The van der Waals surface area contributed by atoms with Crippen LogP contribution in [0.4, 0.5) is 4.79 Å². The van der Waals surface area contributed by atoms with Crippen molar-refractivity contribution in [3.05, 3.63) is 0 Å². The van der Waals surface area contributed by atoms with Gasteiger partial charge in [0.1, 0.15) is 18.5 Å². The first-order chi connectivity index (χ1) is 10.0. The number of oxime groups is 1. The molecular formula is C12H24N4O5. The van der Waals surface area contributed by atoms with E-state index in [4.69, 9.17) is 15.1 Å². The molecule has 0 spiro atoms. The van der Waals surface area contributed by atoms with Crippen molar-refractivity contribution in [2.45, 2.75) is 32.2 Å². The molecule has 9 heteroatoms. The third kappa shape index (κ3) is 10.4. The van der Waals surface area contributed by atoms with Crippen molar-refractivity contribution in [3.8, 4) is 0 Å². The van der Waals surface area contributed by atoms with Gasteiger partial charge in [0.25, 0.3) is 0 Å². The maximum absolute atomic E-state index is 11.1. The molecule has 0 rings (SSSR count). The number of aliphatic carboxylic acids is 1. The molecule has 21 heavy (non-hydrogen) atoms. The van der Waals surface area contributed by atoms with Crippen molar-refractivity contribution in [1.82, 2.24) is 16.0 Å². The number of carboxylic acids is 1. The molecule has 1 atom stereocenters. The molecule has 1 amide bonds. The molecule has 0 unspecified atom stereocenters. The van der Waals surface area contributed by atoms with Crippen LogP contribution < -0.4 is 16.0 Å². The number of carbonyl (C=O) groups excluding carboxylic acids is 1. The average molecular weight is 304 g/mol. The number of hydrogen-bond acceptors (Lipinski definition) is 6. The van der Waals surface area contributed by atoms with E-state index in [1.807, 2.05) is 0 Å². The lowest BCUT2D eigenvalue weighted by Gasteiger charge is -2.14. The number of rotatable bonds is 10. The fraction of sp³-hybridized carbons (Fsp3) is 0.750. The first-order valence-electron chi connectivity index (χ1n) is 6.74. The fourth-order valence-corrected chi connectivity index (χ4v) is 1.54. The Morgan fingerprint density at radius 2 is 2.00 bits per heavy atom. The molecule has 122 valence electrons. The van der Waals surface area contributed by atoms with E-state index >= 15 is 0 Å². The third-order valence-electron chi connectivity index (χ3n) is 2.68. The lowest BCUT2D eigenvalue weighted by molar-refractivity contribution is -0.139. The van der Waals surface area contributed by atoms with Gasteiger partial charge in [-0.2, -0.15) is 0 Å². The zero-order chi connectivity index (χ0) is 16.1. The first-order valence-corrected chi connectivity index (χ1v) is 6.74. The second-order valence-electron chi connectivity index (χ2n) is 4.34. The summed E-state index contributed by atoms with van der Waals surface area (Å²) in [5, 5.41) is 28.5. The molecule has 0 aromatic carbocycles. The molecule has 0 bridgehead atoms. The molecule has 0 aromatic heterocycles. The number of unbranched alkanes of at least 4 members (excludes halogenated alkanes) is 1. The van der Waals surface area contributed by atoms with Crippen LogP contribution >= 0.6 is 0 Å². The highest BCUT2D eigenvalue weighted by Crippen LogP contribution is 2.01. The number of carboxylic acid groups (broad SMARTS) is 1. The van der Waals surface area contributed by atoms with Crippen molar-refractivity contribution >= 4 is 17.9 Å². The van der Waals surface area contributed by atoms with Gasteiger partial charge in [0.2, 0.25) is 0 Å². The maximum Gasteiger partial charge on any atom is 0.406 e. The summed E-state index contributed by atoms with van der Waals surface area (Å²) in [4.78, 5) is 21.9. The van der Waals surface area contributed by atoms with Crippen LogP contribution in [0.3, 0.4) is 0 Å². The van der Waals surface area contributed by atoms with Crippen LogP contribution in [0.1, 0.15) is 26.2 Å². The van der Waals surface area contributed by atoms with Crippen LogP contribution in [0.15, 0.2) is 5.16 Å². The Labute approximate surface area is 123 Å². The van der Waals surface area contributed by atoms with E-state index in [0.717, 1.165) is 6.42 Å². The predicted octanol–water partition coefficient (Wildman–Crippen LogP) is -0.0473. The first kappa shape index (κ1) is 19.0. The number of amides is 1. The minimum Gasteiger partial charge on any atom is -0.480 e. The van der Waals surface area contributed by atoms with Crippen molar-refractivity contribution in [2.75, 3.05) is 26.7 Å². The number of alkyl carbamates (subject to hydrolysis) is 1. The van der Waals surface area contributed by atoms with E-state index in [-0.39, 0.29) is 13.2 Å². The fourth-order valence-electron chi connectivity index (χ4n) is 1.54. The molecular weight excluding hydrogens is 280 g/mol. The van der Waals surface area contributed by atoms with Crippen LogP contribution in [0, 0.1) is 0 Å². The van der Waals surface area contributed by atoms with Crippen LogP contribution in [0.5, 0.6) is 0 Å². The zero-order valence-corrected chi connectivity index (χ0v) is 12.4. The van der Waals surface area contributed by atoms with Gasteiger partial charge in [-0.05, 0) is 26.2 Å². The lowest BCUT2D eigenvalue weighted by atomic mass is 10.1. The van der Waals surface area contributed by atoms with E-state index in [0.29, 0.717) is 25.2 Å². The Morgan fingerprint density at radius 1 is 1.29 bits per heavy atom. The smallest absolute Gasteiger partial charge is 0.406 e. The molecule has 5 N–H and O–H groups in total. The molecule has 0 aliphatic carbocycles. The average Bonchev–Trinajstić information content (AvgIpc) is 2.47. The summed E-state index contributed by atoms with van der Waals surface area (Å²) in [5.41, 5.74) is 0. The van der Waals surface area contributed by atoms with E-state index in [9.17, 15) is 9.59 Å². The molecule has 9 nitrogen and oxygen atoms in total.